The van der Waals surface area contributed by atoms with Crippen LogP contribution in [-0.2, 0) is 6.54 Å². The summed E-state index contributed by atoms with van der Waals surface area (Å²) in [6.45, 7) is 1.70. The quantitative estimate of drug-likeness (QED) is 0.750. The van der Waals surface area contributed by atoms with Crippen LogP contribution in [0, 0.1) is 13.8 Å². The van der Waals surface area contributed by atoms with Crippen molar-refractivity contribution in [3.63, 3.8) is 0 Å². The molecule has 0 saturated heterocycles. The number of nitrogens with one attached hydrogen (secondary N) is 2. The van der Waals surface area contributed by atoms with Crippen LogP contribution in [0.1, 0.15) is 23.6 Å². The van der Waals surface area contributed by atoms with Crippen molar-refractivity contribution in [3.8, 4) is 11.4 Å². The van der Waals surface area contributed by atoms with E-state index in [9.17, 15) is 8.78 Å². The lowest BCUT2D eigenvalue weighted by Crippen LogP contribution is -2.03. The van der Waals surface area contributed by atoms with Gasteiger partial charge in [0.25, 0.3) is 0 Å². The van der Waals surface area contributed by atoms with E-state index in [-0.39, 0.29) is 0 Å². The van der Waals surface area contributed by atoms with E-state index in [0.717, 1.165) is 28.5 Å². The summed E-state index contributed by atoms with van der Waals surface area (Å²) in [5, 5.41) is 6.99. The van der Waals surface area contributed by atoms with Crippen molar-refractivity contribution in [2.75, 3.05) is 5.32 Å². The number of anilines is 1. The lowest BCUT2D eigenvalue weighted by atomic mass is 10.2. The molecule has 0 atom stereocenters. The van der Waals surface area contributed by atoms with E-state index in [1.807, 2.05) is 38.1 Å². The Balaban J connectivity index is 1.72. The van der Waals surface area contributed by atoms with Gasteiger partial charge in [-0.25, -0.2) is 9.67 Å². The molecule has 0 unspecified atom stereocenters. The van der Waals surface area contributed by atoms with Crippen molar-refractivity contribution in [3.05, 3.63) is 53.6 Å². The maximum atomic E-state index is 12.5. The van der Waals surface area contributed by atoms with Gasteiger partial charge >= 0.3 is 6.55 Å². The van der Waals surface area contributed by atoms with Crippen LogP contribution in [0.4, 0.5) is 14.5 Å². The maximum absolute atomic E-state index is 12.5. The van der Waals surface area contributed by atoms with Gasteiger partial charge in [0.2, 0.25) is 0 Å². The van der Waals surface area contributed by atoms with Gasteiger partial charge in [-0.05, 0) is 32.0 Å². The molecular weight excluding hydrogens is 300 g/mol. The molecule has 0 fully saturated rings. The molecule has 3 aromatic rings. The van der Waals surface area contributed by atoms with Gasteiger partial charge in [0.05, 0.1) is 17.9 Å². The number of nitrogens with zero attached hydrogens (tertiary/aromatic N) is 3. The minimum absolute atomic E-state index is 0.374. The Labute approximate surface area is 132 Å². The molecule has 2 N–H and O–H groups in total. The average Bonchev–Trinajstić information content (AvgIpc) is 3.13. The molecule has 0 bridgehead atoms. The summed E-state index contributed by atoms with van der Waals surface area (Å²) in [6, 6.07) is 9.33. The van der Waals surface area contributed by atoms with Crippen molar-refractivity contribution in [1.82, 2.24) is 19.7 Å². The smallest absolute Gasteiger partial charge is 0.333 e. The van der Waals surface area contributed by atoms with Crippen molar-refractivity contribution < 1.29 is 8.78 Å². The molecule has 1 aromatic carbocycles. The molecule has 7 heteroatoms. The standard InChI is InChI=1S/C16H17F2N5/c1-10-11(2)21-15(20-10)12-4-3-5-13(8-12)19-9-14-6-7-23(22-14)16(17)18/h3-8,16,19H,9H2,1-2H3,(H,20,21). The molecule has 0 amide bonds. The van der Waals surface area contributed by atoms with Gasteiger partial charge in [0.15, 0.2) is 0 Å². The number of rotatable bonds is 5. The monoisotopic (exact) mass is 317 g/mol. The zero-order valence-electron chi connectivity index (χ0n) is 12.8. The summed E-state index contributed by atoms with van der Waals surface area (Å²) in [5.74, 6) is 0.811. The number of hydrogen-bond acceptors (Lipinski definition) is 3. The van der Waals surface area contributed by atoms with E-state index in [1.54, 1.807) is 6.07 Å². The van der Waals surface area contributed by atoms with E-state index >= 15 is 0 Å². The van der Waals surface area contributed by atoms with Gasteiger partial charge in [-0.3, -0.25) is 0 Å². The number of benzene rings is 1. The SMILES string of the molecule is Cc1nc(-c2cccc(NCc3ccn(C(F)F)n3)c2)[nH]c1C. The van der Waals surface area contributed by atoms with E-state index in [2.05, 4.69) is 20.4 Å². The Morgan fingerprint density at radius 2 is 2.09 bits per heavy atom. The second kappa shape index (κ2) is 6.20. The van der Waals surface area contributed by atoms with Crippen LogP contribution in [0.25, 0.3) is 11.4 Å². The lowest BCUT2D eigenvalue weighted by molar-refractivity contribution is 0.0562. The number of halogens is 2. The Bertz CT molecular complexity index is 787. The minimum Gasteiger partial charge on any atom is -0.379 e. The third kappa shape index (κ3) is 3.39. The highest BCUT2D eigenvalue weighted by molar-refractivity contribution is 5.63. The molecule has 0 saturated carbocycles. The van der Waals surface area contributed by atoms with E-state index in [0.29, 0.717) is 16.9 Å². The van der Waals surface area contributed by atoms with Crippen molar-refractivity contribution in [2.24, 2.45) is 0 Å². The summed E-state index contributed by atoms with van der Waals surface area (Å²) in [4.78, 5) is 7.72. The highest BCUT2D eigenvalue weighted by atomic mass is 19.3. The molecule has 2 heterocycles. The molecule has 0 radical (unpaired) electrons. The predicted molar refractivity (Wildman–Crippen MR) is 84.3 cm³/mol. The summed E-state index contributed by atoms with van der Waals surface area (Å²) in [6.07, 6.45) is 1.27. The molecule has 0 aliphatic rings. The fraction of sp³-hybridized carbons (Fsp3) is 0.250. The molecule has 0 aliphatic heterocycles. The summed E-state index contributed by atoms with van der Waals surface area (Å²) in [5.41, 5.74) is 4.40. The van der Waals surface area contributed by atoms with Gasteiger partial charge < -0.3 is 10.3 Å². The molecule has 23 heavy (non-hydrogen) atoms. The Morgan fingerprint density at radius 1 is 1.26 bits per heavy atom. The van der Waals surface area contributed by atoms with Crippen LogP contribution >= 0.6 is 0 Å². The number of aromatic nitrogens is 4. The van der Waals surface area contributed by atoms with Gasteiger partial charge in [-0.1, -0.05) is 12.1 Å². The highest BCUT2D eigenvalue weighted by Crippen LogP contribution is 2.21. The van der Waals surface area contributed by atoms with Crippen molar-refractivity contribution in [1.29, 1.82) is 0 Å². The number of aromatic amines is 1. The van der Waals surface area contributed by atoms with Gasteiger partial charge in [-0.15, -0.1) is 0 Å². The molecule has 3 rings (SSSR count). The first-order valence-electron chi connectivity index (χ1n) is 7.22. The molecule has 2 aromatic heterocycles. The van der Waals surface area contributed by atoms with Crippen LogP contribution in [-0.4, -0.2) is 19.7 Å². The molecule has 120 valence electrons. The molecule has 0 spiro atoms. The first-order chi connectivity index (χ1) is 11.0. The van der Waals surface area contributed by atoms with Gasteiger partial charge in [0, 0.05) is 23.1 Å². The zero-order chi connectivity index (χ0) is 16.4. The third-order valence-electron chi connectivity index (χ3n) is 3.60. The number of imidazole rings is 1. The second-order valence-electron chi connectivity index (χ2n) is 5.29. The number of aryl methyl sites for hydroxylation is 2. The van der Waals surface area contributed by atoms with Crippen LogP contribution in [0.15, 0.2) is 36.5 Å². The Hall–Kier alpha value is -2.70. The molecule has 5 nitrogen and oxygen atoms in total. The topological polar surface area (TPSA) is 58.5 Å². The van der Waals surface area contributed by atoms with E-state index in [1.165, 1.54) is 6.20 Å². The van der Waals surface area contributed by atoms with Crippen molar-refractivity contribution in [2.45, 2.75) is 26.9 Å². The van der Waals surface area contributed by atoms with E-state index < -0.39 is 6.55 Å². The summed E-state index contributed by atoms with van der Waals surface area (Å²) < 4.78 is 25.6. The Kier molecular flexibility index (Phi) is 4.10. The minimum atomic E-state index is -2.61. The maximum Gasteiger partial charge on any atom is 0.333 e. The fourth-order valence-corrected chi connectivity index (χ4v) is 2.23. The van der Waals surface area contributed by atoms with Crippen LogP contribution < -0.4 is 5.32 Å². The first-order valence-corrected chi connectivity index (χ1v) is 7.22. The third-order valence-corrected chi connectivity index (χ3v) is 3.60. The fourth-order valence-electron chi connectivity index (χ4n) is 2.23. The van der Waals surface area contributed by atoms with Crippen LogP contribution in [0.3, 0.4) is 0 Å². The second-order valence-corrected chi connectivity index (χ2v) is 5.29. The largest absolute Gasteiger partial charge is 0.379 e. The molecular formula is C16H17F2N5. The summed E-state index contributed by atoms with van der Waals surface area (Å²) >= 11 is 0. The highest BCUT2D eigenvalue weighted by Gasteiger charge is 2.08. The van der Waals surface area contributed by atoms with E-state index in [4.69, 9.17) is 0 Å². The average molecular weight is 317 g/mol. The van der Waals surface area contributed by atoms with Crippen molar-refractivity contribution >= 4 is 5.69 Å². The lowest BCUT2D eigenvalue weighted by Gasteiger charge is -2.06. The first kappa shape index (κ1) is 15.2. The Morgan fingerprint density at radius 3 is 2.74 bits per heavy atom. The zero-order valence-corrected chi connectivity index (χ0v) is 12.8. The van der Waals surface area contributed by atoms with Gasteiger partial charge in [0.1, 0.15) is 5.82 Å². The number of hydrogen-bond donors (Lipinski definition) is 2. The van der Waals surface area contributed by atoms with Crippen LogP contribution in [0.5, 0.6) is 0 Å². The number of H-pyrrole nitrogens is 1. The van der Waals surface area contributed by atoms with Crippen LogP contribution in [0.2, 0.25) is 0 Å². The normalized spacial score (nSPS) is 11.2. The predicted octanol–water partition coefficient (Wildman–Crippen LogP) is 3.90. The number of alkyl halides is 2. The summed E-state index contributed by atoms with van der Waals surface area (Å²) in [7, 11) is 0. The van der Waals surface area contributed by atoms with Gasteiger partial charge in [-0.2, -0.15) is 13.9 Å². The molecule has 0 aliphatic carbocycles.